The SMILES string of the molecule is CCc1ccc2c(c1)NCC(C)(C)O2. The van der Waals surface area contributed by atoms with E-state index >= 15 is 0 Å². The van der Waals surface area contributed by atoms with E-state index < -0.39 is 0 Å². The van der Waals surface area contributed by atoms with Crippen LogP contribution in [-0.2, 0) is 6.42 Å². The first-order valence-corrected chi connectivity index (χ1v) is 5.16. The van der Waals surface area contributed by atoms with Crippen molar-refractivity contribution in [3.8, 4) is 5.75 Å². The molecular weight excluding hydrogens is 174 g/mol. The topological polar surface area (TPSA) is 21.3 Å². The average Bonchev–Trinajstić information content (AvgIpc) is 2.16. The summed E-state index contributed by atoms with van der Waals surface area (Å²) in [7, 11) is 0. The fourth-order valence-corrected chi connectivity index (χ4v) is 1.67. The summed E-state index contributed by atoms with van der Waals surface area (Å²) >= 11 is 0. The second kappa shape index (κ2) is 3.19. The lowest BCUT2D eigenvalue weighted by molar-refractivity contribution is 0.116. The van der Waals surface area contributed by atoms with Gasteiger partial charge in [0.25, 0.3) is 0 Å². The molecule has 0 aliphatic carbocycles. The molecule has 2 heteroatoms. The summed E-state index contributed by atoms with van der Waals surface area (Å²) in [4.78, 5) is 0. The normalized spacial score (nSPS) is 17.9. The van der Waals surface area contributed by atoms with Crippen molar-refractivity contribution in [2.45, 2.75) is 32.8 Å². The molecule has 0 aromatic heterocycles. The number of nitrogens with one attached hydrogen (secondary N) is 1. The van der Waals surface area contributed by atoms with Gasteiger partial charge in [-0.25, -0.2) is 0 Å². The third-order valence-corrected chi connectivity index (χ3v) is 2.54. The van der Waals surface area contributed by atoms with Crippen molar-refractivity contribution in [3.05, 3.63) is 23.8 Å². The molecule has 0 saturated carbocycles. The van der Waals surface area contributed by atoms with Crippen LogP contribution < -0.4 is 10.1 Å². The van der Waals surface area contributed by atoms with Crippen molar-refractivity contribution >= 4 is 5.69 Å². The highest BCUT2D eigenvalue weighted by Crippen LogP contribution is 2.33. The number of fused-ring (bicyclic) bond motifs is 1. The molecule has 0 spiro atoms. The molecule has 0 atom stereocenters. The number of hydrogen-bond acceptors (Lipinski definition) is 2. The van der Waals surface area contributed by atoms with Crippen molar-refractivity contribution < 1.29 is 4.74 Å². The second-order valence-corrected chi connectivity index (χ2v) is 4.40. The van der Waals surface area contributed by atoms with E-state index in [9.17, 15) is 0 Å². The summed E-state index contributed by atoms with van der Waals surface area (Å²) in [6, 6.07) is 6.36. The molecule has 0 radical (unpaired) electrons. The van der Waals surface area contributed by atoms with Gasteiger partial charge in [0.05, 0.1) is 12.2 Å². The van der Waals surface area contributed by atoms with Gasteiger partial charge in [-0.1, -0.05) is 13.0 Å². The standard InChI is InChI=1S/C12H17NO/c1-4-9-5-6-11-10(7-9)13-8-12(2,3)14-11/h5-7,13H,4,8H2,1-3H3. The van der Waals surface area contributed by atoms with E-state index in [1.807, 2.05) is 0 Å². The van der Waals surface area contributed by atoms with Crippen LogP contribution in [0.15, 0.2) is 18.2 Å². The first-order valence-electron chi connectivity index (χ1n) is 5.16. The Morgan fingerprint density at radius 3 is 2.93 bits per heavy atom. The van der Waals surface area contributed by atoms with Gasteiger partial charge in [-0.2, -0.15) is 0 Å². The Morgan fingerprint density at radius 2 is 2.21 bits per heavy atom. The van der Waals surface area contributed by atoms with E-state index in [4.69, 9.17) is 4.74 Å². The Labute approximate surface area is 85.3 Å². The van der Waals surface area contributed by atoms with Crippen molar-refractivity contribution in [1.82, 2.24) is 0 Å². The van der Waals surface area contributed by atoms with Crippen LogP contribution in [0.3, 0.4) is 0 Å². The molecule has 1 heterocycles. The van der Waals surface area contributed by atoms with E-state index in [0.29, 0.717) is 0 Å². The fraction of sp³-hybridized carbons (Fsp3) is 0.500. The van der Waals surface area contributed by atoms with Gasteiger partial charge in [-0.3, -0.25) is 0 Å². The first-order chi connectivity index (χ1) is 6.61. The van der Waals surface area contributed by atoms with Crippen LogP contribution in [0, 0.1) is 0 Å². The molecule has 1 aliphatic rings. The molecule has 1 aromatic carbocycles. The Bertz CT molecular complexity index is 344. The van der Waals surface area contributed by atoms with Crippen LogP contribution >= 0.6 is 0 Å². The zero-order valence-corrected chi connectivity index (χ0v) is 9.05. The molecular formula is C12H17NO. The van der Waals surface area contributed by atoms with E-state index in [0.717, 1.165) is 24.4 Å². The number of aryl methyl sites for hydroxylation is 1. The summed E-state index contributed by atoms with van der Waals surface area (Å²) in [5, 5.41) is 3.40. The van der Waals surface area contributed by atoms with Gasteiger partial charge in [-0.05, 0) is 38.0 Å². The van der Waals surface area contributed by atoms with Gasteiger partial charge in [-0.15, -0.1) is 0 Å². The maximum atomic E-state index is 5.86. The summed E-state index contributed by atoms with van der Waals surface area (Å²) in [5.74, 6) is 0.971. The van der Waals surface area contributed by atoms with Crippen LogP contribution in [-0.4, -0.2) is 12.1 Å². The minimum atomic E-state index is -0.0965. The summed E-state index contributed by atoms with van der Waals surface area (Å²) in [5.41, 5.74) is 2.38. The van der Waals surface area contributed by atoms with Crippen molar-refractivity contribution in [1.29, 1.82) is 0 Å². The predicted octanol–water partition coefficient (Wildman–Crippen LogP) is 2.83. The molecule has 1 aliphatic heterocycles. The molecule has 0 saturated heterocycles. The number of benzene rings is 1. The molecule has 14 heavy (non-hydrogen) atoms. The highest BCUT2D eigenvalue weighted by atomic mass is 16.5. The van der Waals surface area contributed by atoms with E-state index in [1.165, 1.54) is 5.56 Å². The molecule has 76 valence electrons. The Hall–Kier alpha value is -1.18. The third kappa shape index (κ3) is 1.69. The van der Waals surface area contributed by atoms with Gasteiger partial charge in [0.1, 0.15) is 11.4 Å². The lowest BCUT2D eigenvalue weighted by Gasteiger charge is -2.33. The van der Waals surface area contributed by atoms with Crippen LogP contribution in [0.4, 0.5) is 5.69 Å². The molecule has 1 N–H and O–H groups in total. The number of rotatable bonds is 1. The maximum Gasteiger partial charge on any atom is 0.143 e. The van der Waals surface area contributed by atoms with Crippen LogP contribution in [0.1, 0.15) is 26.3 Å². The number of ether oxygens (including phenoxy) is 1. The summed E-state index contributed by atoms with van der Waals surface area (Å²) in [6.45, 7) is 7.22. The molecule has 0 bridgehead atoms. The first kappa shape index (κ1) is 9.38. The second-order valence-electron chi connectivity index (χ2n) is 4.40. The highest BCUT2D eigenvalue weighted by molar-refractivity contribution is 5.60. The van der Waals surface area contributed by atoms with Crippen LogP contribution in [0.2, 0.25) is 0 Å². The minimum absolute atomic E-state index is 0.0965. The highest BCUT2D eigenvalue weighted by Gasteiger charge is 2.25. The lowest BCUT2D eigenvalue weighted by Crippen LogP contribution is -2.39. The van der Waals surface area contributed by atoms with E-state index in [2.05, 4.69) is 44.3 Å². The largest absolute Gasteiger partial charge is 0.484 e. The van der Waals surface area contributed by atoms with Gasteiger partial charge in [0, 0.05) is 0 Å². The monoisotopic (exact) mass is 191 g/mol. The van der Waals surface area contributed by atoms with Crippen LogP contribution in [0.25, 0.3) is 0 Å². The molecule has 1 aromatic rings. The Kier molecular flexibility index (Phi) is 2.14. The van der Waals surface area contributed by atoms with Gasteiger partial charge in [0.2, 0.25) is 0 Å². The zero-order valence-electron chi connectivity index (χ0n) is 9.05. The quantitative estimate of drug-likeness (QED) is 0.737. The zero-order chi connectivity index (χ0) is 10.2. The smallest absolute Gasteiger partial charge is 0.143 e. The molecule has 2 nitrogen and oxygen atoms in total. The molecule has 0 fully saturated rings. The lowest BCUT2D eigenvalue weighted by atomic mass is 10.1. The Balaban J connectivity index is 2.32. The molecule has 2 rings (SSSR count). The van der Waals surface area contributed by atoms with E-state index in [-0.39, 0.29) is 5.60 Å². The van der Waals surface area contributed by atoms with Crippen LogP contribution in [0.5, 0.6) is 5.75 Å². The third-order valence-electron chi connectivity index (χ3n) is 2.54. The molecule has 0 amide bonds. The Morgan fingerprint density at radius 1 is 1.43 bits per heavy atom. The minimum Gasteiger partial charge on any atom is -0.484 e. The summed E-state index contributed by atoms with van der Waals surface area (Å²) < 4.78 is 5.86. The van der Waals surface area contributed by atoms with Crippen molar-refractivity contribution in [2.24, 2.45) is 0 Å². The van der Waals surface area contributed by atoms with Gasteiger partial charge in [0.15, 0.2) is 0 Å². The number of anilines is 1. The fourth-order valence-electron chi connectivity index (χ4n) is 1.67. The van der Waals surface area contributed by atoms with Crippen molar-refractivity contribution in [2.75, 3.05) is 11.9 Å². The van der Waals surface area contributed by atoms with E-state index in [1.54, 1.807) is 0 Å². The average molecular weight is 191 g/mol. The summed E-state index contributed by atoms with van der Waals surface area (Å²) in [6.07, 6.45) is 1.07. The maximum absolute atomic E-state index is 5.86. The van der Waals surface area contributed by atoms with Gasteiger partial charge >= 0.3 is 0 Å². The number of hydrogen-bond donors (Lipinski definition) is 1. The van der Waals surface area contributed by atoms with Crippen molar-refractivity contribution in [3.63, 3.8) is 0 Å². The molecule has 0 unspecified atom stereocenters. The predicted molar refractivity (Wildman–Crippen MR) is 59.0 cm³/mol. The van der Waals surface area contributed by atoms with Gasteiger partial charge < -0.3 is 10.1 Å².